The molecule has 0 spiro atoms. The number of aromatic nitrogens is 2. The fourth-order valence-electron chi connectivity index (χ4n) is 4.44. The minimum atomic E-state index is -0.955. The first kappa shape index (κ1) is 27.1. The lowest BCUT2D eigenvalue weighted by molar-refractivity contribution is 0.0697. The first-order valence-electron chi connectivity index (χ1n) is 12.7. The molecule has 0 bridgehead atoms. The Morgan fingerprint density at radius 3 is 2.39 bits per heavy atom. The van der Waals surface area contributed by atoms with Crippen LogP contribution in [0.15, 0.2) is 71.5 Å². The van der Waals surface area contributed by atoms with E-state index in [-0.39, 0.29) is 11.1 Å². The number of hydrogen-bond donors (Lipinski definition) is 1. The predicted molar refractivity (Wildman–Crippen MR) is 150 cm³/mol. The van der Waals surface area contributed by atoms with E-state index in [9.17, 15) is 9.59 Å². The average molecular weight is 531 g/mol. The Balaban J connectivity index is 1.61. The second-order valence-corrected chi connectivity index (χ2v) is 9.76. The first-order valence-corrected chi connectivity index (χ1v) is 13.1. The third-order valence-corrected chi connectivity index (χ3v) is 6.83. The van der Waals surface area contributed by atoms with Crippen LogP contribution in [0, 0.1) is 13.8 Å². The van der Waals surface area contributed by atoms with E-state index in [4.69, 9.17) is 26.4 Å². The molecule has 1 aromatic heterocycles. The van der Waals surface area contributed by atoms with Crippen LogP contribution in [0.1, 0.15) is 58.3 Å². The summed E-state index contributed by atoms with van der Waals surface area (Å²) in [5, 5.41) is 9.59. The van der Waals surface area contributed by atoms with Gasteiger partial charge in [-0.05, 0) is 61.2 Å². The van der Waals surface area contributed by atoms with E-state index in [0.717, 1.165) is 47.5 Å². The van der Waals surface area contributed by atoms with Gasteiger partial charge in [0.1, 0.15) is 18.2 Å². The van der Waals surface area contributed by atoms with Crippen molar-refractivity contribution in [3.05, 3.63) is 116 Å². The number of ether oxygens (including phenoxy) is 1. The Hall–Kier alpha value is -3.90. The van der Waals surface area contributed by atoms with Crippen LogP contribution in [0.25, 0.3) is 11.1 Å². The van der Waals surface area contributed by atoms with Crippen LogP contribution in [-0.2, 0) is 19.6 Å². The number of unbranched alkanes of at least 4 members (excludes halogenated alkanes) is 1. The second-order valence-electron chi connectivity index (χ2n) is 9.35. The highest BCUT2D eigenvalue weighted by Crippen LogP contribution is 2.28. The molecule has 1 heterocycles. The average Bonchev–Trinajstić information content (AvgIpc) is 2.90. The van der Waals surface area contributed by atoms with Gasteiger partial charge in [-0.1, -0.05) is 67.4 Å². The van der Waals surface area contributed by atoms with Crippen molar-refractivity contribution in [3.63, 3.8) is 0 Å². The number of rotatable bonds is 10. The molecular weight excluding hydrogens is 500 g/mol. The quantitative estimate of drug-likeness (QED) is 0.242. The van der Waals surface area contributed by atoms with Gasteiger partial charge in [0.15, 0.2) is 0 Å². The number of carboxylic acids is 1. The van der Waals surface area contributed by atoms with Gasteiger partial charge < -0.3 is 9.84 Å². The third-order valence-electron chi connectivity index (χ3n) is 6.50. The smallest absolute Gasteiger partial charge is 0.335 e. The van der Waals surface area contributed by atoms with Crippen molar-refractivity contribution in [1.82, 2.24) is 9.55 Å². The van der Waals surface area contributed by atoms with E-state index in [1.165, 1.54) is 0 Å². The molecule has 4 rings (SSSR count). The summed E-state index contributed by atoms with van der Waals surface area (Å²) in [5.74, 6) is 0.546. The molecule has 0 aliphatic heterocycles. The van der Waals surface area contributed by atoms with Gasteiger partial charge in [-0.25, -0.2) is 9.78 Å². The normalized spacial score (nSPS) is 10.9. The molecule has 3 aromatic carbocycles. The first-order chi connectivity index (χ1) is 18.3. The van der Waals surface area contributed by atoms with Crippen molar-refractivity contribution in [3.8, 4) is 16.9 Å². The molecule has 0 amide bonds. The minimum absolute atomic E-state index is 0.0977. The van der Waals surface area contributed by atoms with E-state index in [2.05, 4.69) is 6.92 Å². The number of halogens is 1. The molecule has 6 nitrogen and oxygen atoms in total. The molecule has 1 N–H and O–H groups in total. The minimum Gasteiger partial charge on any atom is -0.489 e. The summed E-state index contributed by atoms with van der Waals surface area (Å²) < 4.78 is 7.76. The van der Waals surface area contributed by atoms with Crippen molar-refractivity contribution < 1.29 is 14.6 Å². The van der Waals surface area contributed by atoms with Crippen LogP contribution >= 0.6 is 11.6 Å². The van der Waals surface area contributed by atoms with Crippen molar-refractivity contribution >= 4 is 17.6 Å². The van der Waals surface area contributed by atoms with Crippen molar-refractivity contribution in [1.29, 1.82) is 0 Å². The van der Waals surface area contributed by atoms with E-state index < -0.39 is 5.97 Å². The van der Waals surface area contributed by atoms with Crippen LogP contribution in [0.2, 0.25) is 5.02 Å². The lowest BCUT2D eigenvalue weighted by atomic mass is 10.0. The zero-order valence-electron chi connectivity index (χ0n) is 21.8. The van der Waals surface area contributed by atoms with Crippen molar-refractivity contribution in [2.24, 2.45) is 0 Å². The Morgan fingerprint density at radius 1 is 1.03 bits per heavy atom. The molecule has 0 atom stereocenters. The molecule has 0 saturated carbocycles. The Morgan fingerprint density at radius 2 is 1.74 bits per heavy atom. The summed E-state index contributed by atoms with van der Waals surface area (Å²) in [7, 11) is 0. The molecule has 0 radical (unpaired) electrons. The second kappa shape index (κ2) is 12.1. The molecule has 0 aliphatic carbocycles. The van der Waals surface area contributed by atoms with Gasteiger partial charge in [0.05, 0.1) is 23.4 Å². The SMILES string of the molecule is CCCCc1nc(C)c(-c2ccccc2Cl)c(=O)n1Cc1ccc(OCc2ccc(C(=O)O)cc2)c(C)c1. The molecule has 0 aliphatic rings. The number of benzene rings is 3. The van der Waals surface area contributed by atoms with Crippen LogP contribution in [0.4, 0.5) is 0 Å². The maximum atomic E-state index is 13.8. The summed E-state index contributed by atoms with van der Waals surface area (Å²) in [4.78, 5) is 29.7. The van der Waals surface area contributed by atoms with Crippen molar-refractivity contribution in [2.75, 3.05) is 0 Å². The summed E-state index contributed by atoms with van der Waals surface area (Å²) >= 11 is 6.46. The van der Waals surface area contributed by atoms with E-state index >= 15 is 0 Å². The Kier molecular flexibility index (Phi) is 8.64. The number of aromatic carboxylic acids is 1. The zero-order chi connectivity index (χ0) is 27.2. The summed E-state index contributed by atoms with van der Waals surface area (Å²) in [6.07, 6.45) is 2.66. The highest BCUT2D eigenvalue weighted by molar-refractivity contribution is 6.33. The van der Waals surface area contributed by atoms with Gasteiger partial charge in [-0.15, -0.1) is 0 Å². The number of carboxylic acid groups (broad SMARTS) is 1. The van der Waals surface area contributed by atoms with Crippen LogP contribution < -0.4 is 10.3 Å². The topological polar surface area (TPSA) is 81.4 Å². The molecule has 0 fully saturated rings. The van der Waals surface area contributed by atoms with E-state index in [1.807, 2.05) is 50.2 Å². The molecule has 38 heavy (non-hydrogen) atoms. The highest BCUT2D eigenvalue weighted by Gasteiger charge is 2.18. The lowest BCUT2D eigenvalue weighted by Gasteiger charge is -2.17. The highest BCUT2D eigenvalue weighted by atomic mass is 35.5. The van der Waals surface area contributed by atoms with Gasteiger partial charge in [-0.3, -0.25) is 9.36 Å². The Labute approximate surface area is 227 Å². The fraction of sp³-hybridized carbons (Fsp3) is 0.258. The van der Waals surface area contributed by atoms with Gasteiger partial charge >= 0.3 is 5.97 Å². The van der Waals surface area contributed by atoms with Crippen LogP contribution in [-0.4, -0.2) is 20.6 Å². The van der Waals surface area contributed by atoms with Crippen LogP contribution in [0.5, 0.6) is 5.75 Å². The molecule has 4 aromatic rings. The molecule has 0 unspecified atom stereocenters. The van der Waals surface area contributed by atoms with Gasteiger partial charge in [0.25, 0.3) is 5.56 Å². The maximum absolute atomic E-state index is 13.8. The van der Waals surface area contributed by atoms with Crippen molar-refractivity contribution in [2.45, 2.75) is 53.2 Å². The van der Waals surface area contributed by atoms with E-state index in [0.29, 0.717) is 35.0 Å². The van der Waals surface area contributed by atoms with E-state index in [1.54, 1.807) is 34.9 Å². The van der Waals surface area contributed by atoms with Gasteiger partial charge in [-0.2, -0.15) is 0 Å². The number of aryl methyl sites for hydroxylation is 3. The zero-order valence-corrected chi connectivity index (χ0v) is 22.6. The van der Waals surface area contributed by atoms with Gasteiger partial charge in [0.2, 0.25) is 0 Å². The lowest BCUT2D eigenvalue weighted by Crippen LogP contribution is -2.28. The maximum Gasteiger partial charge on any atom is 0.335 e. The number of nitrogens with zero attached hydrogens (tertiary/aromatic N) is 2. The Bertz CT molecular complexity index is 1510. The molecule has 0 saturated heterocycles. The largest absolute Gasteiger partial charge is 0.489 e. The summed E-state index contributed by atoms with van der Waals surface area (Å²) in [6.45, 7) is 6.67. The third kappa shape index (κ3) is 6.14. The predicted octanol–water partition coefficient (Wildman–Crippen LogP) is 6.85. The standard InChI is InChI=1S/C31H31ClN2O4/c1-4-5-10-28-33-21(3)29(25-8-6-7-9-26(25)32)30(35)34(28)18-23-13-16-27(20(2)17-23)38-19-22-11-14-24(15-12-22)31(36)37/h6-9,11-17H,4-5,10,18-19H2,1-3H3,(H,36,37). The summed E-state index contributed by atoms with van der Waals surface area (Å²) in [5.41, 5.74) is 4.84. The monoisotopic (exact) mass is 530 g/mol. The fourth-order valence-corrected chi connectivity index (χ4v) is 4.67. The molecule has 196 valence electrons. The number of carbonyl (C=O) groups is 1. The molecule has 7 heteroatoms. The summed E-state index contributed by atoms with van der Waals surface area (Å²) in [6, 6.07) is 19.9. The van der Waals surface area contributed by atoms with Crippen LogP contribution in [0.3, 0.4) is 0 Å². The number of hydrogen-bond acceptors (Lipinski definition) is 4. The van der Waals surface area contributed by atoms with Gasteiger partial charge in [0, 0.05) is 17.0 Å². The molecular formula is C31H31ClN2O4.